The van der Waals surface area contributed by atoms with Gasteiger partial charge in [-0.15, -0.1) is 0 Å². The summed E-state index contributed by atoms with van der Waals surface area (Å²) in [6, 6.07) is 0. The molecule has 0 spiro atoms. The van der Waals surface area contributed by atoms with Crippen LogP contribution in [-0.2, 0) is 14.3 Å². The van der Waals surface area contributed by atoms with Crippen LogP contribution in [0, 0.1) is 39.9 Å². The third-order valence-corrected chi connectivity index (χ3v) is 11.6. The SMILES string of the molecule is CC(=O)O[C@H]1C[C@@]2(C)[C@@H](C[C@@H](O)[C@H]3[C@@]4(C)CC[C@@H](O)[C@@H](C)[C@H]4CC[C@@]32C)/C1=C(\CCC=C(C)C)C(=O)O. The van der Waals surface area contributed by atoms with Gasteiger partial charge < -0.3 is 20.1 Å². The molecule has 4 fully saturated rings. The lowest BCUT2D eigenvalue weighted by Crippen LogP contribution is -2.65. The fraction of sp³-hybridized carbons (Fsp3) is 0.806. The largest absolute Gasteiger partial charge is 0.478 e. The molecule has 0 amide bonds. The zero-order valence-electron chi connectivity index (χ0n) is 23.8. The molecule has 0 aromatic rings. The number of carbonyl (C=O) groups excluding carboxylic acids is 1. The summed E-state index contributed by atoms with van der Waals surface area (Å²) in [5.41, 5.74) is 1.57. The molecule has 208 valence electrons. The van der Waals surface area contributed by atoms with Crippen molar-refractivity contribution in [3.8, 4) is 0 Å². The molecule has 0 saturated heterocycles. The number of aliphatic hydroxyl groups excluding tert-OH is 2. The van der Waals surface area contributed by atoms with Gasteiger partial charge in [0.05, 0.1) is 12.2 Å². The van der Waals surface area contributed by atoms with E-state index in [2.05, 4.69) is 27.7 Å². The van der Waals surface area contributed by atoms with Crippen molar-refractivity contribution in [1.82, 2.24) is 0 Å². The third-order valence-electron chi connectivity index (χ3n) is 11.6. The molecule has 4 rings (SSSR count). The zero-order chi connectivity index (χ0) is 27.5. The van der Waals surface area contributed by atoms with Crippen LogP contribution in [-0.4, -0.2) is 45.6 Å². The van der Waals surface area contributed by atoms with Gasteiger partial charge >= 0.3 is 11.9 Å². The van der Waals surface area contributed by atoms with Crippen molar-refractivity contribution in [3.05, 3.63) is 22.8 Å². The Labute approximate surface area is 222 Å². The standard InChI is InChI=1S/C31H48O6/c1-17(2)9-8-10-20(28(35)36)26-22-15-24(34)27-29(5)13-12-23(33)18(3)21(29)11-14-30(27,6)31(22,7)16-25(26)37-19(4)32/h9,18,21-25,27,33-34H,8,10-16H2,1-7H3,(H,35,36)/b26-20-/t18-,21+,22-,23+,24+,25-,27-,29-,30-,31-/m0/s1. The monoisotopic (exact) mass is 516 g/mol. The molecular formula is C31H48O6. The van der Waals surface area contributed by atoms with E-state index in [1.807, 2.05) is 19.9 Å². The van der Waals surface area contributed by atoms with E-state index in [-0.39, 0.29) is 40.1 Å². The Morgan fingerprint density at radius 1 is 1.03 bits per heavy atom. The number of carboxylic acids is 1. The first kappa shape index (κ1) is 28.4. The number of rotatable bonds is 5. The fourth-order valence-electron chi connectivity index (χ4n) is 9.79. The highest BCUT2D eigenvalue weighted by Crippen LogP contribution is 2.74. The molecule has 6 heteroatoms. The number of esters is 1. The van der Waals surface area contributed by atoms with Crippen molar-refractivity contribution < 1.29 is 29.6 Å². The zero-order valence-corrected chi connectivity index (χ0v) is 23.8. The lowest BCUT2D eigenvalue weighted by molar-refractivity contribution is -0.234. The maximum Gasteiger partial charge on any atom is 0.331 e. The van der Waals surface area contributed by atoms with Gasteiger partial charge in [0, 0.05) is 12.5 Å². The van der Waals surface area contributed by atoms with Crippen molar-refractivity contribution in [1.29, 1.82) is 0 Å². The summed E-state index contributed by atoms with van der Waals surface area (Å²) in [4.78, 5) is 24.8. The number of hydrogen-bond donors (Lipinski definition) is 3. The second kappa shape index (κ2) is 9.82. The molecule has 0 aromatic heterocycles. The summed E-state index contributed by atoms with van der Waals surface area (Å²) in [6.45, 7) is 14.5. The Bertz CT molecular complexity index is 994. The average Bonchev–Trinajstić information content (AvgIpc) is 3.05. The first-order valence-electron chi connectivity index (χ1n) is 14.3. The molecule has 0 aliphatic heterocycles. The second-order valence-electron chi connectivity index (χ2n) is 13.6. The van der Waals surface area contributed by atoms with Gasteiger partial charge in [-0.25, -0.2) is 4.79 Å². The van der Waals surface area contributed by atoms with E-state index in [0.717, 1.165) is 36.8 Å². The van der Waals surface area contributed by atoms with E-state index in [4.69, 9.17) is 4.74 Å². The number of allylic oxidation sites excluding steroid dienone is 2. The maximum absolute atomic E-state index is 12.6. The normalized spacial score (nSPS) is 46.2. The molecule has 0 unspecified atom stereocenters. The average molecular weight is 517 g/mol. The number of fused-ring (bicyclic) bond motifs is 5. The van der Waals surface area contributed by atoms with E-state index in [1.54, 1.807) is 0 Å². The first-order valence-corrected chi connectivity index (χ1v) is 14.3. The summed E-state index contributed by atoms with van der Waals surface area (Å²) in [5, 5.41) is 32.9. The van der Waals surface area contributed by atoms with Crippen LogP contribution in [0.3, 0.4) is 0 Å². The molecule has 10 atom stereocenters. The molecule has 4 aliphatic carbocycles. The van der Waals surface area contributed by atoms with Crippen LogP contribution >= 0.6 is 0 Å². The molecular weight excluding hydrogens is 468 g/mol. The van der Waals surface area contributed by atoms with E-state index in [1.165, 1.54) is 6.92 Å². The lowest BCUT2D eigenvalue weighted by atomic mass is 9.36. The van der Waals surface area contributed by atoms with E-state index >= 15 is 0 Å². The Balaban J connectivity index is 1.82. The molecule has 37 heavy (non-hydrogen) atoms. The minimum Gasteiger partial charge on any atom is -0.478 e. The van der Waals surface area contributed by atoms with E-state index in [0.29, 0.717) is 37.2 Å². The van der Waals surface area contributed by atoms with Crippen molar-refractivity contribution in [2.45, 2.75) is 118 Å². The van der Waals surface area contributed by atoms with Crippen LogP contribution in [0.15, 0.2) is 22.8 Å². The predicted octanol–water partition coefficient (Wildman–Crippen LogP) is 5.67. The van der Waals surface area contributed by atoms with Crippen molar-refractivity contribution in [2.24, 2.45) is 39.9 Å². The topological polar surface area (TPSA) is 104 Å². The van der Waals surface area contributed by atoms with Crippen molar-refractivity contribution >= 4 is 11.9 Å². The quantitative estimate of drug-likeness (QED) is 0.247. The summed E-state index contributed by atoms with van der Waals surface area (Å²) in [7, 11) is 0. The van der Waals surface area contributed by atoms with Gasteiger partial charge in [0.15, 0.2) is 0 Å². The Kier molecular flexibility index (Phi) is 7.53. The highest BCUT2D eigenvalue weighted by atomic mass is 16.5. The van der Waals surface area contributed by atoms with E-state index < -0.39 is 24.1 Å². The first-order chi connectivity index (χ1) is 17.2. The van der Waals surface area contributed by atoms with Crippen LogP contribution < -0.4 is 0 Å². The molecule has 0 bridgehead atoms. The molecule has 0 aromatic carbocycles. The smallest absolute Gasteiger partial charge is 0.331 e. The van der Waals surface area contributed by atoms with Gasteiger partial charge in [-0.05, 0) is 111 Å². The van der Waals surface area contributed by atoms with Crippen LogP contribution in [0.25, 0.3) is 0 Å². The number of hydrogen-bond acceptors (Lipinski definition) is 5. The summed E-state index contributed by atoms with van der Waals surface area (Å²) in [5.74, 6) is -0.909. The number of carboxylic acid groups (broad SMARTS) is 1. The molecule has 0 heterocycles. The number of aliphatic hydroxyl groups is 2. The lowest BCUT2D eigenvalue weighted by Gasteiger charge is -2.69. The van der Waals surface area contributed by atoms with Crippen LogP contribution in [0.5, 0.6) is 0 Å². The van der Waals surface area contributed by atoms with Gasteiger partial charge in [-0.2, -0.15) is 0 Å². The Morgan fingerprint density at radius 3 is 2.30 bits per heavy atom. The predicted molar refractivity (Wildman–Crippen MR) is 143 cm³/mol. The number of carbonyl (C=O) groups is 2. The van der Waals surface area contributed by atoms with Crippen LogP contribution in [0.1, 0.15) is 99.8 Å². The maximum atomic E-state index is 12.6. The van der Waals surface area contributed by atoms with Gasteiger partial charge in [0.1, 0.15) is 6.10 Å². The highest BCUT2D eigenvalue weighted by molar-refractivity contribution is 5.88. The molecule has 4 saturated carbocycles. The third kappa shape index (κ3) is 4.40. The number of aliphatic carboxylic acids is 1. The minimum atomic E-state index is -0.953. The van der Waals surface area contributed by atoms with Gasteiger partial charge in [-0.3, -0.25) is 4.79 Å². The molecule has 4 aliphatic rings. The van der Waals surface area contributed by atoms with E-state index in [9.17, 15) is 24.9 Å². The minimum absolute atomic E-state index is 0.0474. The molecule has 0 radical (unpaired) electrons. The summed E-state index contributed by atoms with van der Waals surface area (Å²) < 4.78 is 5.87. The van der Waals surface area contributed by atoms with Crippen LogP contribution in [0.4, 0.5) is 0 Å². The van der Waals surface area contributed by atoms with Crippen LogP contribution in [0.2, 0.25) is 0 Å². The Morgan fingerprint density at radius 2 is 1.70 bits per heavy atom. The van der Waals surface area contributed by atoms with Crippen molar-refractivity contribution in [3.63, 3.8) is 0 Å². The van der Waals surface area contributed by atoms with Crippen molar-refractivity contribution in [2.75, 3.05) is 0 Å². The highest BCUT2D eigenvalue weighted by Gasteiger charge is 2.70. The fourth-order valence-corrected chi connectivity index (χ4v) is 9.79. The Hall–Kier alpha value is -1.66. The number of ether oxygens (including phenoxy) is 1. The molecule has 6 nitrogen and oxygen atoms in total. The molecule has 3 N–H and O–H groups in total. The van der Waals surface area contributed by atoms with Gasteiger partial charge in [0.25, 0.3) is 0 Å². The van der Waals surface area contributed by atoms with Gasteiger partial charge in [-0.1, -0.05) is 39.3 Å². The summed E-state index contributed by atoms with van der Waals surface area (Å²) >= 11 is 0. The van der Waals surface area contributed by atoms with Gasteiger partial charge in [0.2, 0.25) is 0 Å². The second-order valence-corrected chi connectivity index (χ2v) is 13.6. The summed E-state index contributed by atoms with van der Waals surface area (Å²) in [6.07, 6.45) is 6.22.